The summed E-state index contributed by atoms with van der Waals surface area (Å²) in [5.41, 5.74) is 0. The Hall–Kier alpha value is -0.737. The van der Waals surface area contributed by atoms with Crippen molar-refractivity contribution in [1.82, 2.24) is 0 Å². The van der Waals surface area contributed by atoms with E-state index in [-0.39, 0.29) is 15.8 Å². The van der Waals surface area contributed by atoms with E-state index in [0.717, 1.165) is 23.7 Å². The van der Waals surface area contributed by atoms with Crippen molar-refractivity contribution in [3.63, 3.8) is 0 Å². The summed E-state index contributed by atoms with van der Waals surface area (Å²) in [6.07, 6.45) is 5.46. The quantitative estimate of drug-likeness (QED) is 0.119. The van der Waals surface area contributed by atoms with Gasteiger partial charge < -0.3 is 0 Å². The van der Waals surface area contributed by atoms with E-state index in [1.807, 2.05) is 0 Å². The molecule has 0 saturated carbocycles. The first-order valence-corrected chi connectivity index (χ1v) is 19.6. The number of rotatable bonds is 10. The molecule has 0 fully saturated rings. The van der Waals surface area contributed by atoms with Crippen LogP contribution in [0.3, 0.4) is 0 Å². The van der Waals surface area contributed by atoms with Gasteiger partial charge in [0.2, 0.25) is 0 Å². The average molecular weight is 648 g/mol. The zero-order valence-corrected chi connectivity index (χ0v) is 29.5. The van der Waals surface area contributed by atoms with Gasteiger partial charge in [0, 0.05) is 0 Å². The van der Waals surface area contributed by atoms with Crippen molar-refractivity contribution in [3.8, 4) is 0 Å². The molecule has 0 N–H and O–H groups in total. The van der Waals surface area contributed by atoms with Gasteiger partial charge in [-0.25, -0.2) is 0 Å². The molecule has 4 aromatic carbocycles. The molecule has 0 aliphatic carbocycles. The fraction of sp³-hybridized carbons (Fsp3) is 0.471. The average Bonchev–Trinajstić information content (AvgIpc) is 3.47. The van der Waals surface area contributed by atoms with Gasteiger partial charge in [-0.1, -0.05) is 83.4 Å². The van der Waals surface area contributed by atoms with Crippen LogP contribution < -0.4 is 10.6 Å². The maximum absolute atomic E-state index is 9.80. The van der Waals surface area contributed by atoms with E-state index in [2.05, 4.69) is 128 Å². The van der Waals surface area contributed by atoms with Gasteiger partial charge in [0.05, 0.1) is 0 Å². The Kier molecular flexibility index (Phi) is 15.9. The molecule has 0 bridgehead atoms. The van der Waals surface area contributed by atoms with Crippen molar-refractivity contribution < 1.29 is 29.7 Å². The van der Waals surface area contributed by atoms with E-state index >= 15 is 0 Å². The van der Waals surface area contributed by atoms with E-state index in [1.54, 1.807) is 10.6 Å². The monoisotopic (exact) mass is 646 g/mol. The number of hydrogen-bond donors (Lipinski definition) is 0. The first-order valence-electron chi connectivity index (χ1n) is 14.3. The number of hydrogen-bond acceptors (Lipinski definition) is 0. The predicted octanol–water partition coefficient (Wildman–Crippen LogP) is 10.8. The van der Waals surface area contributed by atoms with Crippen LogP contribution in [0.2, 0.25) is 0 Å². The Labute approximate surface area is 252 Å². The van der Waals surface area contributed by atoms with Crippen LogP contribution >= 0.6 is 15.8 Å². The summed E-state index contributed by atoms with van der Waals surface area (Å²) in [4.78, 5) is 0. The van der Waals surface area contributed by atoms with Gasteiger partial charge in [-0.3, -0.25) is 0 Å². The molecule has 5 heteroatoms. The van der Waals surface area contributed by atoms with E-state index in [1.165, 1.54) is 46.2 Å². The summed E-state index contributed by atoms with van der Waals surface area (Å²) >= 11 is -2.77. The minimum atomic E-state index is -2.77. The molecule has 0 aliphatic rings. The Bertz CT molecular complexity index is 1030. The molecule has 212 valence electrons. The van der Waals surface area contributed by atoms with Crippen LogP contribution in [-0.2, 0) is 24.5 Å². The molecule has 0 atom stereocenters. The first kappa shape index (κ1) is 34.5. The molecule has 0 amide bonds. The molecule has 39 heavy (non-hydrogen) atoms. The molecule has 0 unspecified atom stereocenters. The summed E-state index contributed by atoms with van der Waals surface area (Å²) in [5.74, 6) is 3.20. The summed E-state index contributed by atoms with van der Waals surface area (Å²) in [6, 6.07) is 27.2. The number of benzene rings is 2. The van der Waals surface area contributed by atoms with Crippen LogP contribution in [0.25, 0.3) is 21.5 Å². The molecule has 0 nitrogen and oxygen atoms in total. The second kappa shape index (κ2) is 17.9. The van der Waals surface area contributed by atoms with E-state index in [0.29, 0.717) is 0 Å². The van der Waals surface area contributed by atoms with Crippen molar-refractivity contribution in [2.24, 2.45) is 23.7 Å². The molecule has 0 aliphatic heterocycles. The molecule has 0 aromatic heterocycles. The summed E-state index contributed by atoms with van der Waals surface area (Å²) < 4.78 is 19.6. The third kappa shape index (κ3) is 12.3. The molecule has 0 radical (unpaired) electrons. The van der Waals surface area contributed by atoms with E-state index in [9.17, 15) is 5.25 Å². The standard InChI is InChI=1S/2C17H24P.2FH.Zr/c2*1-13(2)11-18(12-14(3)4)17-9-15-7-5-6-8-16(15)10-17;;;/h2*5-10,13-14H,11-12H2,1-4H3;2*1H;/q2*-1;;;+4/p-2. The van der Waals surface area contributed by atoms with Crippen LogP contribution in [0.15, 0.2) is 72.8 Å². The summed E-state index contributed by atoms with van der Waals surface area (Å²) in [5, 5.41) is 8.85. The fourth-order valence-electron chi connectivity index (χ4n) is 4.97. The number of fused-ring (bicyclic) bond motifs is 2. The van der Waals surface area contributed by atoms with Gasteiger partial charge >= 0.3 is 29.7 Å². The zero-order valence-electron chi connectivity index (χ0n) is 25.2. The van der Waals surface area contributed by atoms with Gasteiger partial charge in [0.15, 0.2) is 0 Å². The molecular formula is C34H48F2P2Zr. The van der Waals surface area contributed by atoms with Crippen LogP contribution in [0, 0.1) is 23.7 Å². The molecular weight excluding hydrogens is 600 g/mol. The van der Waals surface area contributed by atoms with Gasteiger partial charge in [-0.15, -0.1) is 80.7 Å². The van der Waals surface area contributed by atoms with Crippen molar-refractivity contribution in [2.75, 3.05) is 24.6 Å². The second-order valence-electron chi connectivity index (χ2n) is 12.1. The van der Waals surface area contributed by atoms with Crippen molar-refractivity contribution in [3.05, 3.63) is 72.8 Å². The van der Waals surface area contributed by atoms with Gasteiger partial charge in [-0.2, -0.15) is 12.1 Å². The van der Waals surface area contributed by atoms with Crippen LogP contribution in [0.5, 0.6) is 0 Å². The molecule has 0 spiro atoms. The minimum absolute atomic E-state index is 0.0185. The van der Waals surface area contributed by atoms with E-state index < -0.39 is 24.5 Å². The first-order chi connectivity index (χ1) is 18.5. The Morgan fingerprint density at radius 3 is 1.10 bits per heavy atom. The van der Waals surface area contributed by atoms with Gasteiger partial charge in [-0.05, 0) is 48.3 Å². The van der Waals surface area contributed by atoms with Crippen LogP contribution in [0.4, 0.5) is 5.25 Å². The summed E-state index contributed by atoms with van der Waals surface area (Å²) in [6.45, 7) is 18.8. The topological polar surface area (TPSA) is 0 Å². The maximum atomic E-state index is 9.80. The third-order valence-corrected chi connectivity index (χ3v) is 12.9. The second-order valence-corrected chi connectivity index (χ2v) is 17.1. The normalized spacial score (nSPS) is 11.5. The van der Waals surface area contributed by atoms with Crippen molar-refractivity contribution >= 4 is 48.0 Å². The third-order valence-electron chi connectivity index (χ3n) is 6.28. The van der Waals surface area contributed by atoms with E-state index in [4.69, 9.17) is 0 Å². The predicted molar refractivity (Wildman–Crippen MR) is 173 cm³/mol. The molecule has 4 aromatic rings. The Morgan fingerprint density at radius 2 is 0.846 bits per heavy atom. The van der Waals surface area contributed by atoms with Gasteiger partial charge in [0.1, 0.15) is 0 Å². The fourth-order valence-corrected chi connectivity index (χ4v) is 10.9. The molecule has 4 rings (SSSR count). The molecule has 0 saturated heterocycles. The van der Waals surface area contributed by atoms with Gasteiger partial charge in [0.25, 0.3) is 0 Å². The van der Waals surface area contributed by atoms with Crippen molar-refractivity contribution in [1.29, 1.82) is 0 Å². The van der Waals surface area contributed by atoms with Crippen LogP contribution in [0.1, 0.15) is 55.4 Å². The summed E-state index contributed by atoms with van der Waals surface area (Å²) in [7, 11) is 0.0370. The molecule has 0 heterocycles. The number of halogens is 2. The van der Waals surface area contributed by atoms with Crippen LogP contribution in [-0.4, -0.2) is 24.6 Å². The Balaban J connectivity index is 0.000000249. The van der Waals surface area contributed by atoms with Crippen molar-refractivity contribution in [2.45, 2.75) is 55.4 Å². The SMILES string of the molecule is CC(C)CP(CC(C)C)c1cc2ccccc2[cH-]1.CC(C)CP(CC(C)C)c1cc2ccccc2[cH-]1.[F][Zr+2][F]. The zero-order chi connectivity index (χ0) is 28.9. The Morgan fingerprint density at radius 1 is 0.564 bits per heavy atom.